The molecule has 0 heterocycles. The Kier molecular flexibility index (Phi) is 6.51. The molecule has 3 heteroatoms. The van der Waals surface area contributed by atoms with Crippen molar-refractivity contribution in [2.45, 2.75) is 38.9 Å². The molecular weight excluding hydrogens is 144 g/mol. The van der Waals surface area contributed by atoms with E-state index in [1.165, 1.54) is 0 Å². The highest BCUT2D eigenvalue weighted by atomic mass is 16.5. The van der Waals surface area contributed by atoms with Crippen molar-refractivity contribution in [1.82, 2.24) is 0 Å². The summed E-state index contributed by atoms with van der Waals surface area (Å²) in [4.78, 5) is 0. The van der Waals surface area contributed by atoms with Gasteiger partial charge in [-0.2, -0.15) is 0 Å². The van der Waals surface area contributed by atoms with Gasteiger partial charge in [0.25, 0.3) is 0 Å². The molecule has 0 aliphatic rings. The summed E-state index contributed by atoms with van der Waals surface area (Å²) in [5.41, 5.74) is 0. The van der Waals surface area contributed by atoms with Crippen LogP contribution in [0, 0.1) is 0 Å². The molecule has 0 saturated heterocycles. The van der Waals surface area contributed by atoms with Gasteiger partial charge in [0.2, 0.25) is 0 Å². The smallest absolute Gasteiger partial charge is 0.100 e. The van der Waals surface area contributed by atoms with Gasteiger partial charge in [-0.15, -0.1) is 0 Å². The standard InChI is InChI=1S/C8H18O3/c1-3-8(4-2)11-6-7(10)5-9/h7-10H,3-6H2,1-2H3/t7-/m0/s1. The Morgan fingerprint density at radius 1 is 1.27 bits per heavy atom. The molecule has 0 radical (unpaired) electrons. The highest BCUT2D eigenvalue weighted by molar-refractivity contribution is 4.55. The van der Waals surface area contributed by atoms with Crippen LogP contribution in [0.2, 0.25) is 0 Å². The maximum Gasteiger partial charge on any atom is 0.100 e. The molecule has 11 heavy (non-hydrogen) atoms. The van der Waals surface area contributed by atoms with Crippen LogP contribution < -0.4 is 0 Å². The van der Waals surface area contributed by atoms with Gasteiger partial charge in [0.05, 0.1) is 19.3 Å². The number of aliphatic hydroxyl groups excluding tert-OH is 2. The molecule has 3 nitrogen and oxygen atoms in total. The summed E-state index contributed by atoms with van der Waals surface area (Å²) in [6.07, 6.45) is 1.40. The molecule has 0 amide bonds. The molecule has 0 bridgehead atoms. The molecule has 0 aromatic heterocycles. The van der Waals surface area contributed by atoms with E-state index in [1.54, 1.807) is 0 Å². The molecule has 0 rings (SSSR count). The maximum absolute atomic E-state index is 8.92. The first kappa shape index (κ1) is 10.9. The van der Waals surface area contributed by atoms with Crippen molar-refractivity contribution in [2.24, 2.45) is 0 Å². The lowest BCUT2D eigenvalue weighted by atomic mass is 10.2. The van der Waals surface area contributed by atoms with Crippen molar-refractivity contribution >= 4 is 0 Å². The Morgan fingerprint density at radius 3 is 2.18 bits per heavy atom. The highest BCUT2D eigenvalue weighted by Crippen LogP contribution is 2.02. The van der Waals surface area contributed by atoms with Crippen molar-refractivity contribution in [3.05, 3.63) is 0 Å². The third-order valence-electron chi connectivity index (χ3n) is 1.65. The predicted molar refractivity (Wildman–Crippen MR) is 43.4 cm³/mol. The Hall–Kier alpha value is -0.120. The molecule has 0 aliphatic carbocycles. The Morgan fingerprint density at radius 2 is 1.82 bits per heavy atom. The molecule has 0 spiro atoms. The zero-order valence-corrected chi connectivity index (χ0v) is 7.29. The van der Waals surface area contributed by atoms with E-state index in [4.69, 9.17) is 14.9 Å². The molecule has 0 aromatic carbocycles. The van der Waals surface area contributed by atoms with Gasteiger partial charge in [0, 0.05) is 0 Å². The van der Waals surface area contributed by atoms with E-state index in [1.807, 2.05) is 13.8 Å². The molecular formula is C8H18O3. The fourth-order valence-electron chi connectivity index (χ4n) is 0.824. The van der Waals surface area contributed by atoms with Crippen LogP contribution in [0.5, 0.6) is 0 Å². The second-order valence-corrected chi connectivity index (χ2v) is 2.61. The largest absolute Gasteiger partial charge is 0.394 e. The summed E-state index contributed by atoms with van der Waals surface area (Å²) >= 11 is 0. The van der Waals surface area contributed by atoms with E-state index >= 15 is 0 Å². The monoisotopic (exact) mass is 162 g/mol. The van der Waals surface area contributed by atoms with Crippen LogP contribution in [0.15, 0.2) is 0 Å². The average molecular weight is 162 g/mol. The van der Waals surface area contributed by atoms with Crippen LogP contribution in [0.25, 0.3) is 0 Å². The summed E-state index contributed by atoms with van der Waals surface area (Å²) in [5.74, 6) is 0. The van der Waals surface area contributed by atoms with Gasteiger partial charge in [-0.05, 0) is 12.8 Å². The van der Waals surface area contributed by atoms with E-state index in [0.717, 1.165) is 12.8 Å². The van der Waals surface area contributed by atoms with E-state index in [2.05, 4.69) is 0 Å². The van der Waals surface area contributed by atoms with Gasteiger partial charge in [0.1, 0.15) is 6.10 Å². The van der Waals surface area contributed by atoms with Gasteiger partial charge in [0.15, 0.2) is 0 Å². The van der Waals surface area contributed by atoms with Crippen LogP contribution in [0.1, 0.15) is 26.7 Å². The van der Waals surface area contributed by atoms with Gasteiger partial charge < -0.3 is 14.9 Å². The summed E-state index contributed by atoms with van der Waals surface area (Å²) in [6, 6.07) is 0. The Bertz CT molecular complexity index is 81.4. The van der Waals surface area contributed by atoms with Crippen LogP contribution in [0.3, 0.4) is 0 Å². The number of hydrogen-bond acceptors (Lipinski definition) is 3. The highest BCUT2D eigenvalue weighted by Gasteiger charge is 2.06. The predicted octanol–water partition coefficient (Wildman–Crippen LogP) is 0.545. The minimum absolute atomic E-state index is 0.219. The van der Waals surface area contributed by atoms with Gasteiger partial charge in [-0.25, -0.2) is 0 Å². The number of rotatable bonds is 6. The zero-order chi connectivity index (χ0) is 8.69. The van der Waals surface area contributed by atoms with E-state index in [9.17, 15) is 0 Å². The lowest BCUT2D eigenvalue weighted by Crippen LogP contribution is -2.23. The maximum atomic E-state index is 8.92. The van der Waals surface area contributed by atoms with Crippen LogP contribution in [-0.2, 0) is 4.74 Å². The molecule has 0 unspecified atom stereocenters. The van der Waals surface area contributed by atoms with E-state index in [-0.39, 0.29) is 19.3 Å². The lowest BCUT2D eigenvalue weighted by Gasteiger charge is -2.15. The molecule has 0 saturated carbocycles. The van der Waals surface area contributed by atoms with Gasteiger partial charge in [-0.1, -0.05) is 13.8 Å². The van der Waals surface area contributed by atoms with Crippen molar-refractivity contribution < 1.29 is 14.9 Å². The van der Waals surface area contributed by atoms with Gasteiger partial charge in [-0.3, -0.25) is 0 Å². The molecule has 1 atom stereocenters. The van der Waals surface area contributed by atoms with Gasteiger partial charge >= 0.3 is 0 Å². The Labute approximate surface area is 68.0 Å². The lowest BCUT2D eigenvalue weighted by molar-refractivity contribution is -0.0305. The first-order valence-electron chi connectivity index (χ1n) is 4.15. The third-order valence-corrected chi connectivity index (χ3v) is 1.65. The van der Waals surface area contributed by atoms with Crippen LogP contribution in [0.4, 0.5) is 0 Å². The van der Waals surface area contributed by atoms with Crippen LogP contribution in [-0.4, -0.2) is 35.6 Å². The fourth-order valence-corrected chi connectivity index (χ4v) is 0.824. The minimum atomic E-state index is -0.726. The SMILES string of the molecule is CCC(CC)OC[C@@H](O)CO. The quantitative estimate of drug-likeness (QED) is 0.599. The summed E-state index contributed by atoms with van der Waals surface area (Å²) < 4.78 is 5.28. The molecule has 0 aliphatic heterocycles. The van der Waals surface area contributed by atoms with Crippen molar-refractivity contribution in [2.75, 3.05) is 13.2 Å². The Balaban J connectivity index is 3.34. The second-order valence-electron chi connectivity index (χ2n) is 2.61. The number of aliphatic hydroxyl groups is 2. The summed E-state index contributed by atoms with van der Waals surface area (Å²) in [7, 11) is 0. The first-order valence-corrected chi connectivity index (χ1v) is 4.15. The minimum Gasteiger partial charge on any atom is -0.394 e. The number of hydrogen-bond donors (Lipinski definition) is 2. The second kappa shape index (κ2) is 6.58. The topological polar surface area (TPSA) is 49.7 Å². The summed E-state index contributed by atoms with van der Waals surface area (Å²) in [6.45, 7) is 4.10. The molecule has 0 aromatic rings. The van der Waals surface area contributed by atoms with Crippen molar-refractivity contribution in [3.63, 3.8) is 0 Å². The average Bonchev–Trinajstić information content (AvgIpc) is 2.06. The fraction of sp³-hybridized carbons (Fsp3) is 1.00. The van der Waals surface area contributed by atoms with Crippen molar-refractivity contribution in [3.8, 4) is 0 Å². The van der Waals surface area contributed by atoms with E-state index in [0.29, 0.717) is 0 Å². The molecule has 0 fully saturated rings. The molecule has 68 valence electrons. The van der Waals surface area contributed by atoms with E-state index < -0.39 is 6.10 Å². The molecule has 2 N–H and O–H groups in total. The third kappa shape index (κ3) is 5.18. The van der Waals surface area contributed by atoms with Crippen molar-refractivity contribution in [1.29, 1.82) is 0 Å². The van der Waals surface area contributed by atoms with Crippen LogP contribution >= 0.6 is 0 Å². The zero-order valence-electron chi connectivity index (χ0n) is 7.29. The normalized spacial score (nSPS) is 13.9. The first-order chi connectivity index (χ1) is 5.24. The summed E-state index contributed by atoms with van der Waals surface area (Å²) in [5, 5.41) is 17.4. The number of ether oxygens (including phenoxy) is 1.